The number of rotatable bonds is 3. The number of nitrogens with zero attached hydrogens (tertiary/aromatic N) is 6. The van der Waals surface area contributed by atoms with Gasteiger partial charge in [0.05, 0.1) is 0 Å². The fraction of sp³-hybridized carbons (Fsp3) is 0.400. The van der Waals surface area contributed by atoms with Crippen LogP contribution in [0.4, 0.5) is 5.69 Å². The van der Waals surface area contributed by atoms with Crippen LogP contribution in [-0.2, 0) is 13.6 Å². The van der Waals surface area contributed by atoms with E-state index in [1.807, 2.05) is 31.3 Å². The SMILES string of the molecule is Cn1cnc(CN=C(N)N2CCN(c3ccc(Cl)cc3)CC2)n1.I. The highest BCUT2D eigenvalue weighted by molar-refractivity contribution is 14.0. The first kappa shape index (κ1) is 18.8. The van der Waals surface area contributed by atoms with Crippen LogP contribution in [0.1, 0.15) is 5.82 Å². The van der Waals surface area contributed by atoms with Crippen molar-refractivity contribution in [2.75, 3.05) is 31.1 Å². The van der Waals surface area contributed by atoms with E-state index in [1.165, 1.54) is 5.69 Å². The minimum Gasteiger partial charge on any atom is -0.370 e. The van der Waals surface area contributed by atoms with E-state index in [4.69, 9.17) is 17.3 Å². The van der Waals surface area contributed by atoms with Crippen LogP contribution in [-0.4, -0.2) is 51.8 Å². The summed E-state index contributed by atoms with van der Waals surface area (Å²) in [6.07, 6.45) is 1.66. The van der Waals surface area contributed by atoms with E-state index in [9.17, 15) is 0 Å². The third kappa shape index (κ3) is 4.73. The lowest BCUT2D eigenvalue weighted by molar-refractivity contribution is 0.380. The van der Waals surface area contributed by atoms with E-state index in [-0.39, 0.29) is 24.0 Å². The maximum absolute atomic E-state index is 6.08. The molecule has 3 rings (SSSR count). The summed E-state index contributed by atoms with van der Waals surface area (Å²) < 4.78 is 1.66. The van der Waals surface area contributed by atoms with Gasteiger partial charge in [-0.05, 0) is 24.3 Å². The summed E-state index contributed by atoms with van der Waals surface area (Å²) in [6.45, 7) is 3.89. The number of hydrogen-bond acceptors (Lipinski definition) is 4. The lowest BCUT2D eigenvalue weighted by Crippen LogP contribution is -2.51. The molecule has 2 aromatic rings. The number of halogens is 2. The van der Waals surface area contributed by atoms with E-state index < -0.39 is 0 Å². The van der Waals surface area contributed by atoms with Crippen molar-refractivity contribution in [1.29, 1.82) is 0 Å². The normalized spacial score (nSPS) is 15.3. The average Bonchev–Trinajstić information content (AvgIpc) is 2.99. The van der Waals surface area contributed by atoms with Crippen molar-refractivity contribution in [3.63, 3.8) is 0 Å². The number of guanidine groups is 1. The van der Waals surface area contributed by atoms with Crippen molar-refractivity contribution in [3.8, 4) is 0 Å². The Kier molecular flexibility index (Phi) is 6.67. The second-order valence-electron chi connectivity index (χ2n) is 5.46. The van der Waals surface area contributed by atoms with Crippen LogP contribution in [0, 0.1) is 0 Å². The summed E-state index contributed by atoms with van der Waals surface area (Å²) in [7, 11) is 1.83. The van der Waals surface area contributed by atoms with Gasteiger partial charge < -0.3 is 15.5 Å². The predicted molar refractivity (Wildman–Crippen MR) is 107 cm³/mol. The molecule has 1 aromatic heterocycles. The average molecular weight is 462 g/mol. The topological polar surface area (TPSA) is 75.6 Å². The first-order valence-corrected chi connectivity index (χ1v) is 7.89. The summed E-state index contributed by atoms with van der Waals surface area (Å²) in [5.74, 6) is 1.23. The van der Waals surface area contributed by atoms with Crippen molar-refractivity contribution < 1.29 is 0 Å². The number of aliphatic imine (C=N–C) groups is 1. The lowest BCUT2D eigenvalue weighted by atomic mass is 10.2. The van der Waals surface area contributed by atoms with Gasteiger partial charge in [0.1, 0.15) is 12.9 Å². The number of benzene rings is 1. The third-order valence-corrected chi connectivity index (χ3v) is 4.08. The molecule has 1 aromatic carbocycles. The molecule has 2 N–H and O–H groups in total. The molecule has 0 spiro atoms. The number of aryl methyl sites for hydroxylation is 1. The van der Waals surface area contributed by atoms with Gasteiger partial charge in [0.25, 0.3) is 0 Å². The Balaban J connectivity index is 0.00000208. The first-order chi connectivity index (χ1) is 11.1. The molecule has 2 heterocycles. The number of nitrogens with two attached hydrogens (primary N) is 1. The van der Waals surface area contributed by atoms with Crippen molar-refractivity contribution in [3.05, 3.63) is 41.4 Å². The molecular weight excluding hydrogens is 441 g/mol. The van der Waals surface area contributed by atoms with E-state index in [1.54, 1.807) is 11.0 Å². The van der Waals surface area contributed by atoms with Gasteiger partial charge in [-0.25, -0.2) is 9.98 Å². The zero-order valence-corrected chi connectivity index (χ0v) is 16.6. The molecule has 1 saturated heterocycles. The van der Waals surface area contributed by atoms with Crippen LogP contribution in [0.15, 0.2) is 35.6 Å². The molecule has 1 fully saturated rings. The van der Waals surface area contributed by atoms with Crippen molar-refractivity contribution in [2.45, 2.75) is 6.54 Å². The van der Waals surface area contributed by atoms with Gasteiger partial charge in [0, 0.05) is 43.9 Å². The highest BCUT2D eigenvalue weighted by atomic mass is 127. The molecule has 9 heteroatoms. The Bertz CT molecular complexity index is 677. The fourth-order valence-corrected chi connectivity index (χ4v) is 2.68. The van der Waals surface area contributed by atoms with Crippen LogP contribution >= 0.6 is 35.6 Å². The Labute approximate surface area is 163 Å². The van der Waals surface area contributed by atoms with Crippen molar-refractivity contribution in [1.82, 2.24) is 19.7 Å². The Morgan fingerprint density at radius 3 is 2.46 bits per heavy atom. The maximum atomic E-state index is 6.08. The number of piperazine rings is 1. The van der Waals surface area contributed by atoms with Crippen molar-refractivity contribution in [2.24, 2.45) is 17.8 Å². The monoisotopic (exact) mass is 461 g/mol. The Morgan fingerprint density at radius 2 is 1.88 bits per heavy atom. The van der Waals surface area contributed by atoms with Gasteiger partial charge in [-0.2, -0.15) is 5.10 Å². The molecule has 0 amide bonds. The largest absolute Gasteiger partial charge is 0.370 e. The van der Waals surface area contributed by atoms with Crippen LogP contribution in [0.5, 0.6) is 0 Å². The van der Waals surface area contributed by atoms with Gasteiger partial charge >= 0.3 is 0 Å². The Morgan fingerprint density at radius 1 is 1.21 bits per heavy atom. The molecule has 1 aliphatic rings. The Hall–Kier alpha value is -1.55. The number of hydrogen-bond donors (Lipinski definition) is 1. The molecular formula is C15H21ClIN7. The number of anilines is 1. The minimum atomic E-state index is 0. The molecule has 0 unspecified atom stereocenters. The molecule has 0 saturated carbocycles. The zero-order valence-electron chi connectivity index (χ0n) is 13.5. The third-order valence-electron chi connectivity index (χ3n) is 3.82. The van der Waals surface area contributed by atoms with Gasteiger partial charge in [0.15, 0.2) is 11.8 Å². The first-order valence-electron chi connectivity index (χ1n) is 7.52. The molecule has 0 radical (unpaired) electrons. The summed E-state index contributed by atoms with van der Waals surface area (Å²) in [6, 6.07) is 7.92. The summed E-state index contributed by atoms with van der Waals surface area (Å²) >= 11 is 5.93. The second-order valence-corrected chi connectivity index (χ2v) is 5.90. The van der Waals surface area contributed by atoms with Crippen LogP contribution in [0.2, 0.25) is 5.02 Å². The predicted octanol–water partition coefficient (Wildman–Crippen LogP) is 1.72. The molecule has 0 atom stereocenters. The molecule has 130 valence electrons. The molecule has 24 heavy (non-hydrogen) atoms. The molecule has 0 aliphatic carbocycles. The number of aromatic nitrogens is 3. The van der Waals surface area contributed by atoms with Gasteiger partial charge in [0.2, 0.25) is 0 Å². The lowest BCUT2D eigenvalue weighted by Gasteiger charge is -2.36. The van der Waals surface area contributed by atoms with E-state index in [2.05, 4.69) is 24.9 Å². The standard InChI is InChI=1S/C15H20ClN7.HI/c1-21-11-19-14(20-21)10-18-15(17)23-8-6-22(7-9-23)13-4-2-12(16)3-5-13;/h2-5,11H,6-10H2,1H3,(H2,17,18);1H. The van der Waals surface area contributed by atoms with Gasteiger partial charge in [-0.3, -0.25) is 4.68 Å². The van der Waals surface area contributed by atoms with Crippen LogP contribution < -0.4 is 10.6 Å². The maximum Gasteiger partial charge on any atom is 0.191 e. The quantitative estimate of drug-likeness (QED) is 0.428. The molecule has 1 aliphatic heterocycles. The van der Waals surface area contributed by atoms with E-state index in [0.717, 1.165) is 31.2 Å². The highest BCUT2D eigenvalue weighted by Crippen LogP contribution is 2.19. The van der Waals surface area contributed by atoms with Crippen LogP contribution in [0.25, 0.3) is 0 Å². The molecule has 0 bridgehead atoms. The summed E-state index contributed by atoms with van der Waals surface area (Å²) in [5.41, 5.74) is 7.27. The summed E-state index contributed by atoms with van der Waals surface area (Å²) in [4.78, 5) is 12.9. The zero-order chi connectivity index (χ0) is 16.2. The van der Waals surface area contributed by atoms with E-state index >= 15 is 0 Å². The highest BCUT2D eigenvalue weighted by Gasteiger charge is 2.18. The van der Waals surface area contributed by atoms with Gasteiger partial charge in [-0.15, -0.1) is 24.0 Å². The minimum absolute atomic E-state index is 0. The second kappa shape index (κ2) is 8.52. The molecule has 7 nitrogen and oxygen atoms in total. The summed E-state index contributed by atoms with van der Waals surface area (Å²) in [5, 5.41) is 4.95. The van der Waals surface area contributed by atoms with Crippen molar-refractivity contribution >= 4 is 47.2 Å². The fourth-order valence-electron chi connectivity index (χ4n) is 2.55. The van der Waals surface area contributed by atoms with Gasteiger partial charge in [-0.1, -0.05) is 11.6 Å². The van der Waals surface area contributed by atoms with Crippen LogP contribution in [0.3, 0.4) is 0 Å². The van der Waals surface area contributed by atoms with E-state index in [0.29, 0.717) is 18.3 Å². The smallest absolute Gasteiger partial charge is 0.191 e.